The molecule has 2 fully saturated rings. The van der Waals surface area contributed by atoms with Crippen molar-refractivity contribution in [1.82, 2.24) is 10.2 Å². The number of carbonyl (C=O) groups is 3. The molecule has 8 heteroatoms. The van der Waals surface area contributed by atoms with Gasteiger partial charge in [-0.1, -0.05) is 0 Å². The zero-order valence-electron chi connectivity index (χ0n) is 11.4. The van der Waals surface area contributed by atoms with Gasteiger partial charge in [-0.05, 0) is 20.3 Å². The van der Waals surface area contributed by atoms with Crippen molar-refractivity contribution in [3.8, 4) is 0 Å². The highest BCUT2D eigenvalue weighted by Gasteiger charge is 2.53. The Balaban J connectivity index is 2.01. The number of aliphatic hydroxyl groups is 1. The van der Waals surface area contributed by atoms with Gasteiger partial charge in [0.05, 0.1) is 11.4 Å². The summed E-state index contributed by atoms with van der Waals surface area (Å²) in [7, 11) is 0. The molecule has 0 radical (unpaired) electrons. The SMILES string of the molecule is CC(O)(CNC(=O)C1CSC2(C)CCC(=O)N12)C(=O)O. The van der Waals surface area contributed by atoms with Crippen molar-refractivity contribution >= 4 is 29.5 Å². The fourth-order valence-electron chi connectivity index (χ4n) is 2.47. The summed E-state index contributed by atoms with van der Waals surface area (Å²) in [5, 5.41) is 20.8. The van der Waals surface area contributed by atoms with Gasteiger partial charge < -0.3 is 20.4 Å². The second-order valence-corrected chi connectivity index (χ2v) is 7.06. The molecule has 3 unspecified atom stereocenters. The van der Waals surface area contributed by atoms with E-state index in [4.69, 9.17) is 5.11 Å². The minimum Gasteiger partial charge on any atom is -0.479 e. The number of hydrogen-bond donors (Lipinski definition) is 3. The van der Waals surface area contributed by atoms with Gasteiger partial charge in [-0.3, -0.25) is 9.59 Å². The minimum absolute atomic E-state index is 0.0531. The molecular formula is C12H18N2O5S. The van der Waals surface area contributed by atoms with Crippen LogP contribution >= 0.6 is 11.8 Å². The summed E-state index contributed by atoms with van der Waals surface area (Å²) in [4.78, 5) is 36.0. The molecule has 0 aromatic rings. The Morgan fingerprint density at radius 3 is 2.85 bits per heavy atom. The quantitative estimate of drug-likeness (QED) is 0.640. The highest BCUT2D eigenvalue weighted by atomic mass is 32.2. The van der Waals surface area contributed by atoms with Gasteiger partial charge in [0, 0.05) is 12.2 Å². The maximum absolute atomic E-state index is 12.1. The Hall–Kier alpha value is -1.28. The topological polar surface area (TPSA) is 107 Å². The highest BCUT2D eigenvalue weighted by molar-refractivity contribution is 8.01. The minimum atomic E-state index is -2.01. The predicted octanol–water partition coefficient (Wildman–Crippen LogP) is -0.608. The lowest BCUT2D eigenvalue weighted by atomic mass is 10.1. The lowest BCUT2D eigenvalue weighted by molar-refractivity contribution is -0.156. The number of thioether (sulfide) groups is 1. The Morgan fingerprint density at radius 2 is 2.25 bits per heavy atom. The molecule has 0 saturated carbocycles. The van der Waals surface area contributed by atoms with Gasteiger partial charge in [-0.15, -0.1) is 11.8 Å². The molecule has 0 bridgehead atoms. The van der Waals surface area contributed by atoms with Crippen molar-refractivity contribution in [1.29, 1.82) is 0 Å². The Bertz CT molecular complexity index is 467. The van der Waals surface area contributed by atoms with Crippen molar-refractivity contribution in [2.24, 2.45) is 0 Å². The van der Waals surface area contributed by atoms with Crippen molar-refractivity contribution in [2.75, 3.05) is 12.3 Å². The molecule has 0 aromatic carbocycles. The second-order valence-electron chi connectivity index (χ2n) is 5.56. The summed E-state index contributed by atoms with van der Waals surface area (Å²) in [5.74, 6) is -1.38. The van der Waals surface area contributed by atoms with Gasteiger partial charge in [-0.2, -0.15) is 0 Å². The van der Waals surface area contributed by atoms with Crippen LogP contribution in [0.1, 0.15) is 26.7 Å². The van der Waals surface area contributed by atoms with Crippen LogP contribution in [-0.2, 0) is 14.4 Å². The number of nitrogens with zero attached hydrogens (tertiary/aromatic N) is 1. The van der Waals surface area contributed by atoms with Gasteiger partial charge in [0.1, 0.15) is 6.04 Å². The molecule has 0 spiro atoms. The van der Waals surface area contributed by atoms with Crippen LogP contribution in [0.2, 0.25) is 0 Å². The van der Waals surface area contributed by atoms with Crippen LogP contribution < -0.4 is 5.32 Å². The van der Waals surface area contributed by atoms with Crippen LogP contribution in [0.3, 0.4) is 0 Å². The van der Waals surface area contributed by atoms with Gasteiger partial charge >= 0.3 is 5.97 Å². The predicted molar refractivity (Wildman–Crippen MR) is 72.0 cm³/mol. The molecule has 7 nitrogen and oxygen atoms in total. The Morgan fingerprint density at radius 1 is 1.60 bits per heavy atom. The fraction of sp³-hybridized carbons (Fsp3) is 0.750. The number of nitrogens with one attached hydrogen (secondary N) is 1. The zero-order valence-corrected chi connectivity index (χ0v) is 12.2. The molecule has 3 N–H and O–H groups in total. The third-order valence-electron chi connectivity index (χ3n) is 3.82. The van der Waals surface area contributed by atoms with Crippen LogP contribution in [0.4, 0.5) is 0 Å². The number of carboxylic acids is 1. The van der Waals surface area contributed by atoms with E-state index in [0.717, 1.165) is 6.92 Å². The number of hydrogen-bond acceptors (Lipinski definition) is 5. The fourth-order valence-corrected chi connectivity index (χ4v) is 3.90. The third kappa shape index (κ3) is 2.49. The van der Waals surface area contributed by atoms with E-state index in [1.165, 1.54) is 0 Å². The molecule has 20 heavy (non-hydrogen) atoms. The van der Waals surface area contributed by atoms with Crippen molar-refractivity contribution in [3.63, 3.8) is 0 Å². The van der Waals surface area contributed by atoms with Gasteiger partial charge in [0.25, 0.3) is 0 Å². The Labute approximate surface area is 120 Å². The summed E-state index contributed by atoms with van der Waals surface area (Å²) in [6.45, 7) is 2.66. The molecule has 2 rings (SSSR count). The van der Waals surface area contributed by atoms with Crippen molar-refractivity contribution in [2.45, 2.75) is 43.2 Å². The highest BCUT2D eigenvalue weighted by Crippen LogP contribution is 2.47. The first-order valence-corrected chi connectivity index (χ1v) is 7.35. The smallest absolute Gasteiger partial charge is 0.337 e. The number of amides is 2. The van der Waals surface area contributed by atoms with E-state index < -0.39 is 23.5 Å². The van der Waals surface area contributed by atoms with Gasteiger partial charge in [0.2, 0.25) is 11.8 Å². The van der Waals surface area contributed by atoms with Gasteiger partial charge in [-0.25, -0.2) is 4.79 Å². The van der Waals surface area contributed by atoms with Crippen LogP contribution in [0, 0.1) is 0 Å². The maximum Gasteiger partial charge on any atom is 0.337 e. The molecule has 2 aliphatic heterocycles. The number of rotatable bonds is 4. The van der Waals surface area contributed by atoms with Crippen molar-refractivity contribution < 1.29 is 24.6 Å². The number of carboxylic acid groups (broad SMARTS) is 1. The summed E-state index contributed by atoms with van der Waals surface area (Å²) in [6, 6.07) is -0.593. The van der Waals surface area contributed by atoms with E-state index in [1.54, 1.807) is 16.7 Å². The standard InChI is InChI=1S/C12H18N2O5S/c1-11(19,10(17)18)6-13-9(16)7-5-20-12(2)4-3-8(15)14(7)12/h7,19H,3-6H2,1-2H3,(H,13,16)(H,17,18). The molecule has 112 valence electrons. The monoisotopic (exact) mass is 302 g/mol. The van der Waals surface area contributed by atoms with E-state index in [0.29, 0.717) is 18.6 Å². The molecule has 0 aromatic heterocycles. The molecule has 2 saturated heterocycles. The molecular weight excluding hydrogens is 284 g/mol. The zero-order chi connectivity index (χ0) is 15.1. The van der Waals surface area contributed by atoms with E-state index in [2.05, 4.69) is 5.32 Å². The molecule has 0 aliphatic carbocycles. The first-order valence-electron chi connectivity index (χ1n) is 6.37. The number of carbonyl (C=O) groups excluding carboxylic acids is 2. The lowest BCUT2D eigenvalue weighted by Gasteiger charge is -2.30. The first kappa shape index (κ1) is 15.1. The average Bonchev–Trinajstić information content (AvgIpc) is 2.84. The van der Waals surface area contributed by atoms with E-state index in [-0.39, 0.29) is 17.3 Å². The van der Waals surface area contributed by atoms with E-state index in [1.807, 2.05) is 6.92 Å². The van der Waals surface area contributed by atoms with Crippen LogP contribution in [-0.4, -0.2) is 61.7 Å². The number of fused-ring (bicyclic) bond motifs is 1. The first-order chi connectivity index (χ1) is 9.17. The molecule has 2 aliphatic rings. The molecule has 3 atom stereocenters. The summed E-state index contributed by atoms with van der Waals surface area (Å²) >= 11 is 1.56. The maximum atomic E-state index is 12.1. The summed E-state index contributed by atoms with van der Waals surface area (Å²) in [5.41, 5.74) is -2.01. The summed E-state index contributed by atoms with van der Waals surface area (Å²) in [6.07, 6.45) is 1.15. The Kier molecular flexibility index (Phi) is 3.72. The van der Waals surface area contributed by atoms with Gasteiger partial charge in [0.15, 0.2) is 5.60 Å². The third-order valence-corrected chi connectivity index (χ3v) is 5.32. The van der Waals surface area contributed by atoms with E-state index >= 15 is 0 Å². The second kappa shape index (κ2) is 4.92. The average molecular weight is 302 g/mol. The van der Waals surface area contributed by atoms with E-state index in [9.17, 15) is 19.5 Å². The molecule has 2 heterocycles. The lowest BCUT2D eigenvalue weighted by Crippen LogP contribution is -2.54. The normalized spacial score (nSPS) is 31.9. The summed E-state index contributed by atoms with van der Waals surface area (Å²) < 4.78 is 0. The number of aliphatic carboxylic acids is 1. The largest absolute Gasteiger partial charge is 0.479 e. The van der Waals surface area contributed by atoms with Crippen LogP contribution in [0.5, 0.6) is 0 Å². The van der Waals surface area contributed by atoms with Crippen molar-refractivity contribution in [3.05, 3.63) is 0 Å². The van der Waals surface area contributed by atoms with Crippen LogP contribution in [0.25, 0.3) is 0 Å². The van der Waals surface area contributed by atoms with Crippen LogP contribution in [0.15, 0.2) is 0 Å². The molecule has 2 amide bonds.